The fourth-order valence-corrected chi connectivity index (χ4v) is 5.27. The minimum atomic E-state index is -3.89. The van der Waals surface area contributed by atoms with Gasteiger partial charge in [-0.15, -0.1) is 0 Å². The van der Waals surface area contributed by atoms with E-state index >= 15 is 0 Å². The number of methoxy groups -OCH3 is 1. The van der Waals surface area contributed by atoms with Crippen LogP contribution in [0.1, 0.15) is 53.6 Å². The number of amides is 1. The second kappa shape index (κ2) is 9.99. The summed E-state index contributed by atoms with van der Waals surface area (Å²) in [6.45, 7) is 10.0. The Morgan fingerprint density at radius 2 is 1.76 bits per heavy atom. The highest BCUT2D eigenvalue weighted by molar-refractivity contribution is 7.89. The first kappa shape index (κ1) is 25.5. The lowest BCUT2D eigenvalue weighted by Crippen LogP contribution is -2.40. The Morgan fingerprint density at radius 1 is 1.09 bits per heavy atom. The molecule has 0 spiro atoms. The number of carbonyl (C=O) groups is 1. The van der Waals surface area contributed by atoms with Crippen LogP contribution < -0.4 is 14.8 Å². The minimum absolute atomic E-state index is 0.0828. The van der Waals surface area contributed by atoms with Crippen LogP contribution in [0.3, 0.4) is 0 Å². The Morgan fingerprint density at radius 3 is 2.38 bits per heavy atom. The third-order valence-corrected chi connectivity index (χ3v) is 7.07. The van der Waals surface area contributed by atoms with Crippen molar-refractivity contribution in [2.75, 3.05) is 7.11 Å². The van der Waals surface area contributed by atoms with Crippen molar-refractivity contribution in [1.29, 1.82) is 0 Å². The number of nitrogens with one attached hydrogen (secondary N) is 2. The summed E-state index contributed by atoms with van der Waals surface area (Å²) in [7, 11) is -2.50. The number of benzene rings is 2. The van der Waals surface area contributed by atoms with Crippen molar-refractivity contribution in [3.63, 3.8) is 0 Å². The van der Waals surface area contributed by atoms with E-state index in [0.717, 1.165) is 22.5 Å². The van der Waals surface area contributed by atoms with Crippen LogP contribution in [0.15, 0.2) is 53.4 Å². The number of sulfonamides is 1. The first-order valence-corrected chi connectivity index (χ1v) is 12.5. The van der Waals surface area contributed by atoms with Gasteiger partial charge in [0.1, 0.15) is 10.6 Å². The fourth-order valence-electron chi connectivity index (χ4n) is 3.66. The molecule has 1 heterocycles. The van der Waals surface area contributed by atoms with Crippen LogP contribution in [0.25, 0.3) is 0 Å². The molecule has 3 aromatic rings. The summed E-state index contributed by atoms with van der Waals surface area (Å²) >= 11 is 0. The molecule has 0 fully saturated rings. The average Bonchev–Trinajstić information content (AvgIpc) is 3.03. The van der Waals surface area contributed by atoms with E-state index < -0.39 is 15.6 Å². The third kappa shape index (κ3) is 6.03. The topological polar surface area (TPSA) is 102 Å². The van der Waals surface area contributed by atoms with Gasteiger partial charge in [-0.05, 0) is 58.4 Å². The highest BCUT2D eigenvalue weighted by atomic mass is 32.2. The maximum absolute atomic E-state index is 12.9. The molecule has 0 atom stereocenters. The summed E-state index contributed by atoms with van der Waals surface area (Å²) in [5.41, 5.74) is 3.41. The quantitative estimate of drug-likeness (QED) is 0.509. The van der Waals surface area contributed by atoms with E-state index in [1.54, 1.807) is 26.8 Å². The van der Waals surface area contributed by atoms with Gasteiger partial charge < -0.3 is 10.1 Å². The molecule has 1 aromatic heterocycles. The Hall–Kier alpha value is -3.17. The van der Waals surface area contributed by atoms with Crippen LogP contribution in [0.4, 0.5) is 0 Å². The molecule has 2 N–H and O–H groups in total. The monoisotopic (exact) mass is 484 g/mol. The van der Waals surface area contributed by atoms with Gasteiger partial charge in [-0.2, -0.15) is 5.10 Å². The summed E-state index contributed by atoms with van der Waals surface area (Å²) in [6.07, 6.45) is 0. The lowest BCUT2D eigenvalue weighted by atomic mass is 10.1. The molecule has 182 valence electrons. The lowest BCUT2D eigenvalue weighted by Gasteiger charge is -2.21. The number of ether oxygens (including phenoxy) is 1. The Balaban J connectivity index is 1.79. The lowest BCUT2D eigenvalue weighted by molar-refractivity contribution is 0.0950. The zero-order valence-corrected chi connectivity index (χ0v) is 21.3. The van der Waals surface area contributed by atoms with Crippen LogP contribution in [0.2, 0.25) is 0 Å². The van der Waals surface area contributed by atoms with Crippen molar-refractivity contribution in [3.8, 4) is 5.75 Å². The van der Waals surface area contributed by atoms with Crippen molar-refractivity contribution >= 4 is 15.9 Å². The van der Waals surface area contributed by atoms with Gasteiger partial charge in [0.05, 0.1) is 19.3 Å². The molecule has 9 heteroatoms. The van der Waals surface area contributed by atoms with Crippen molar-refractivity contribution in [3.05, 3.63) is 76.6 Å². The van der Waals surface area contributed by atoms with E-state index in [2.05, 4.69) is 15.1 Å². The minimum Gasteiger partial charge on any atom is -0.495 e. The zero-order valence-electron chi connectivity index (χ0n) is 20.5. The Kier molecular flexibility index (Phi) is 7.48. The van der Waals surface area contributed by atoms with Crippen molar-refractivity contribution in [2.45, 2.75) is 58.1 Å². The molecular formula is C25H32N4O4S. The van der Waals surface area contributed by atoms with E-state index in [4.69, 9.17) is 4.74 Å². The average molecular weight is 485 g/mol. The van der Waals surface area contributed by atoms with Crippen molar-refractivity contribution in [2.24, 2.45) is 0 Å². The summed E-state index contributed by atoms with van der Waals surface area (Å²) < 4.78 is 35.5. The van der Waals surface area contributed by atoms with E-state index in [9.17, 15) is 13.2 Å². The maximum atomic E-state index is 12.9. The molecule has 2 aromatic carbocycles. The van der Waals surface area contributed by atoms with E-state index in [-0.39, 0.29) is 28.7 Å². The molecule has 0 radical (unpaired) electrons. The molecule has 1 amide bonds. The zero-order chi connectivity index (χ0) is 25.1. The predicted octanol–water partition coefficient (Wildman–Crippen LogP) is 3.56. The van der Waals surface area contributed by atoms with Gasteiger partial charge in [-0.1, -0.05) is 30.3 Å². The first-order valence-electron chi connectivity index (χ1n) is 11.0. The maximum Gasteiger partial charge on any atom is 0.251 e. The first-order chi connectivity index (χ1) is 15.9. The largest absolute Gasteiger partial charge is 0.495 e. The van der Waals surface area contributed by atoms with Gasteiger partial charge >= 0.3 is 0 Å². The number of nitrogens with zero attached hydrogens (tertiary/aromatic N) is 2. The highest BCUT2D eigenvalue weighted by Gasteiger charge is 2.26. The molecule has 8 nitrogen and oxygen atoms in total. The van der Waals surface area contributed by atoms with E-state index in [0.29, 0.717) is 6.54 Å². The number of aromatic nitrogens is 2. The smallest absolute Gasteiger partial charge is 0.251 e. The van der Waals surface area contributed by atoms with Crippen molar-refractivity contribution in [1.82, 2.24) is 19.8 Å². The molecule has 34 heavy (non-hydrogen) atoms. The van der Waals surface area contributed by atoms with Crippen LogP contribution in [-0.4, -0.2) is 36.8 Å². The van der Waals surface area contributed by atoms with Crippen LogP contribution in [0, 0.1) is 13.8 Å². The molecule has 0 saturated heterocycles. The Bertz CT molecular complexity index is 1280. The molecule has 0 unspecified atom stereocenters. The number of hydrogen-bond acceptors (Lipinski definition) is 5. The van der Waals surface area contributed by atoms with Gasteiger partial charge in [0.15, 0.2) is 0 Å². The SMILES string of the molecule is COc1ccc(C(=O)NCc2c(C)nn(Cc3ccccc3)c2C)cc1S(=O)(=O)NC(C)(C)C. The second-order valence-electron chi connectivity index (χ2n) is 9.20. The number of aryl methyl sites for hydroxylation is 1. The van der Waals surface area contributed by atoms with Gasteiger partial charge in [0, 0.05) is 28.9 Å². The van der Waals surface area contributed by atoms with Crippen LogP contribution >= 0.6 is 0 Å². The van der Waals surface area contributed by atoms with Gasteiger partial charge in [-0.3, -0.25) is 9.48 Å². The van der Waals surface area contributed by atoms with Crippen molar-refractivity contribution < 1.29 is 17.9 Å². The van der Waals surface area contributed by atoms with Crippen LogP contribution in [0.5, 0.6) is 5.75 Å². The van der Waals surface area contributed by atoms with Crippen LogP contribution in [-0.2, 0) is 23.1 Å². The van der Waals surface area contributed by atoms with E-state index in [1.165, 1.54) is 19.2 Å². The fraction of sp³-hybridized carbons (Fsp3) is 0.360. The summed E-state index contributed by atoms with van der Waals surface area (Å²) in [4.78, 5) is 12.8. The second-order valence-corrected chi connectivity index (χ2v) is 10.8. The van der Waals surface area contributed by atoms with E-state index in [1.807, 2.05) is 48.9 Å². The van der Waals surface area contributed by atoms with Gasteiger partial charge in [0.25, 0.3) is 5.91 Å². The molecule has 0 bridgehead atoms. The standard InChI is InChI=1S/C25H32N4O4S/c1-17-21(18(2)29(27-17)16-19-10-8-7-9-11-19)15-26-24(30)20-12-13-22(33-6)23(14-20)34(31,32)28-25(3,4)5/h7-14,28H,15-16H2,1-6H3,(H,26,30). The number of rotatable bonds is 8. The summed E-state index contributed by atoms with van der Waals surface area (Å²) in [5, 5.41) is 7.51. The third-order valence-electron chi connectivity index (χ3n) is 5.29. The summed E-state index contributed by atoms with van der Waals surface area (Å²) in [6, 6.07) is 14.4. The number of carbonyl (C=O) groups excluding carboxylic acids is 1. The molecule has 0 aliphatic heterocycles. The normalized spacial score (nSPS) is 11.9. The highest BCUT2D eigenvalue weighted by Crippen LogP contribution is 2.26. The predicted molar refractivity (Wildman–Crippen MR) is 131 cm³/mol. The summed E-state index contributed by atoms with van der Waals surface area (Å²) in [5.74, 6) is -0.216. The molecule has 0 aliphatic rings. The number of hydrogen-bond donors (Lipinski definition) is 2. The molecule has 0 aliphatic carbocycles. The van der Waals surface area contributed by atoms with Gasteiger partial charge in [0.2, 0.25) is 10.0 Å². The molecule has 0 saturated carbocycles. The Labute approximate surface area is 201 Å². The molecule has 3 rings (SSSR count). The molecular weight excluding hydrogens is 452 g/mol. The van der Waals surface area contributed by atoms with Gasteiger partial charge in [-0.25, -0.2) is 13.1 Å².